The number of hydrogen-bond acceptors (Lipinski definition) is 2. The van der Waals surface area contributed by atoms with Crippen LogP contribution in [0.3, 0.4) is 0 Å². The molecule has 2 nitrogen and oxygen atoms in total. The molecule has 0 radical (unpaired) electrons. The van der Waals surface area contributed by atoms with Crippen LogP contribution in [0.4, 0.5) is 11.4 Å². The van der Waals surface area contributed by atoms with Crippen LogP contribution in [0.1, 0.15) is 185 Å². The quantitative estimate of drug-likeness (QED) is 0.0480. The van der Waals surface area contributed by atoms with E-state index in [0.29, 0.717) is 0 Å². The number of benzene rings is 2. The fourth-order valence-electron chi connectivity index (χ4n) is 6.41. The summed E-state index contributed by atoms with van der Waals surface area (Å²) in [5, 5.41) is 0. The number of nitrogens with zero attached hydrogens (tertiary/aromatic N) is 2. The van der Waals surface area contributed by atoms with Gasteiger partial charge in [0.25, 0.3) is 0 Å². The Hall–Kier alpha value is -1.99. The Labute approximate surface area is 308 Å². The maximum absolute atomic E-state index is 5.20. The van der Waals surface area contributed by atoms with Crippen LogP contribution in [0, 0.1) is 0 Å². The number of aryl methyl sites for hydroxylation is 4. The summed E-state index contributed by atoms with van der Waals surface area (Å²) in [7, 11) is 0. The third-order valence-corrected chi connectivity index (χ3v) is 9.45. The maximum Gasteiger partial charge on any atom is 0.0816 e. The van der Waals surface area contributed by atoms with Gasteiger partial charge < -0.3 is 0 Å². The molecule has 0 aliphatic carbocycles. The minimum atomic E-state index is 0. The molecule has 0 fully saturated rings. The summed E-state index contributed by atoms with van der Waals surface area (Å²) in [6.45, 7) is 11.5. The maximum atomic E-state index is 5.20. The van der Waals surface area contributed by atoms with Crippen molar-refractivity contribution in [2.24, 2.45) is 9.98 Å². The van der Waals surface area contributed by atoms with Crippen molar-refractivity contribution < 1.29 is 16.5 Å². The van der Waals surface area contributed by atoms with E-state index >= 15 is 0 Å². The van der Waals surface area contributed by atoms with Crippen LogP contribution in [0.25, 0.3) is 0 Å². The Morgan fingerprint density at radius 3 is 1.42 bits per heavy atom. The van der Waals surface area contributed by atoms with Crippen molar-refractivity contribution in [3.05, 3.63) is 70.8 Å². The average molecular weight is 700 g/mol. The van der Waals surface area contributed by atoms with Gasteiger partial charge >= 0.3 is 0 Å². The van der Waals surface area contributed by atoms with Crippen LogP contribution in [0.5, 0.6) is 0 Å². The molecular formula is C45H72N2Ni. The second-order valence-electron chi connectivity index (χ2n) is 13.8. The molecule has 0 heterocycles. The zero-order valence-corrected chi connectivity index (χ0v) is 32.9. The number of allylic oxidation sites excluding steroid dienone is 2. The van der Waals surface area contributed by atoms with E-state index in [9.17, 15) is 0 Å². The van der Waals surface area contributed by atoms with E-state index in [0.717, 1.165) is 36.3 Å². The van der Waals surface area contributed by atoms with Gasteiger partial charge in [0.2, 0.25) is 0 Å². The summed E-state index contributed by atoms with van der Waals surface area (Å²) < 4.78 is 0. The Morgan fingerprint density at radius 2 is 0.896 bits per heavy atom. The van der Waals surface area contributed by atoms with Gasteiger partial charge in [-0.25, -0.2) is 4.99 Å². The Morgan fingerprint density at radius 1 is 0.479 bits per heavy atom. The summed E-state index contributed by atoms with van der Waals surface area (Å²) in [6, 6.07) is 13.9. The number of hydrogen-bond donors (Lipinski definition) is 0. The van der Waals surface area contributed by atoms with Crippen molar-refractivity contribution in [3.8, 4) is 0 Å². The molecule has 3 heteroatoms. The summed E-state index contributed by atoms with van der Waals surface area (Å²) >= 11 is 0. The number of rotatable bonds is 28. The first-order chi connectivity index (χ1) is 23.1. The van der Waals surface area contributed by atoms with Gasteiger partial charge in [0.15, 0.2) is 0 Å². The standard InChI is InChI=1S/C45H72N2.Ni/c1-6-11-16-17-18-19-20-21-26-31-45(47-44-35-33-40(28-23-13-8-3)42(37-44)30-25-15-10-5)38-46-43-34-32-39(27-22-12-7-2)41(36-43)29-24-14-9-4;/h26,31-38H,6-25,27-30H2,1-5H3;/b31-26+,46-38?,47-45?;. The molecule has 0 unspecified atom stereocenters. The SMILES string of the molecule is CCCCCCCCC/C=C/C(C=Nc1ccc(CCCCC)c(CCCCC)c1)=Nc1ccc(CCCCC)c(CCCCC)c1.[Ni]. The summed E-state index contributed by atoms with van der Waals surface area (Å²) in [6.07, 6.45) is 37.0. The van der Waals surface area contributed by atoms with Gasteiger partial charge in [-0.05, 0) is 117 Å². The molecule has 0 atom stereocenters. The van der Waals surface area contributed by atoms with Crippen LogP contribution in [0.2, 0.25) is 0 Å². The summed E-state index contributed by atoms with van der Waals surface area (Å²) in [5.74, 6) is 0. The third kappa shape index (κ3) is 19.9. The van der Waals surface area contributed by atoms with Crippen molar-refractivity contribution in [2.75, 3.05) is 0 Å². The van der Waals surface area contributed by atoms with Crippen LogP contribution in [-0.4, -0.2) is 11.9 Å². The van der Waals surface area contributed by atoms with Gasteiger partial charge in [0.05, 0.1) is 23.3 Å². The topological polar surface area (TPSA) is 24.7 Å². The van der Waals surface area contributed by atoms with Crippen molar-refractivity contribution in [1.82, 2.24) is 0 Å². The van der Waals surface area contributed by atoms with E-state index in [1.54, 1.807) is 0 Å². The molecule has 0 aromatic heterocycles. The van der Waals surface area contributed by atoms with Crippen molar-refractivity contribution in [2.45, 2.75) is 189 Å². The minimum absolute atomic E-state index is 0. The summed E-state index contributed by atoms with van der Waals surface area (Å²) in [5.41, 5.74) is 9.09. The van der Waals surface area contributed by atoms with E-state index in [-0.39, 0.29) is 16.5 Å². The molecule has 0 saturated carbocycles. The molecule has 0 bridgehead atoms. The van der Waals surface area contributed by atoms with Crippen molar-refractivity contribution in [1.29, 1.82) is 0 Å². The average Bonchev–Trinajstić information content (AvgIpc) is 3.08. The molecule has 272 valence electrons. The monoisotopic (exact) mass is 699 g/mol. The van der Waals surface area contributed by atoms with Gasteiger partial charge in [-0.2, -0.15) is 0 Å². The van der Waals surface area contributed by atoms with E-state index < -0.39 is 0 Å². The first-order valence-corrected chi connectivity index (χ1v) is 20.2. The van der Waals surface area contributed by atoms with Gasteiger partial charge in [0.1, 0.15) is 0 Å². The largest absolute Gasteiger partial charge is 0.255 e. The van der Waals surface area contributed by atoms with Gasteiger partial charge in [-0.1, -0.05) is 143 Å². The molecular weight excluding hydrogens is 627 g/mol. The van der Waals surface area contributed by atoms with Crippen LogP contribution in [-0.2, 0) is 42.2 Å². The predicted molar refractivity (Wildman–Crippen MR) is 213 cm³/mol. The second kappa shape index (κ2) is 29.9. The van der Waals surface area contributed by atoms with Crippen LogP contribution >= 0.6 is 0 Å². The Kier molecular flexibility index (Phi) is 27.4. The molecule has 2 aromatic carbocycles. The Balaban J connectivity index is 0.0000115. The normalized spacial score (nSPS) is 12.0. The molecule has 0 saturated heterocycles. The van der Waals surface area contributed by atoms with E-state index in [1.807, 2.05) is 6.21 Å². The zero-order valence-electron chi connectivity index (χ0n) is 31.9. The van der Waals surface area contributed by atoms with Crippen LogP contribution in [0.15, 0.2) is 58.5 Å². The molecule has 2 rings (SSSR count). The minimum Gasteiger partial charge on any atom is -0.255 e. The molecule has 0 spiro atoms. The van der Waals surface area contributed by atoms with Crippen molar-refractivity contribution >= 4 is 23.3 Å². The second-order valence-corrected chi connectivity index (χ2v) is 13.8. The number of unbranched alkanes of at least 4 members (excludes halogenated alkanes) is 15. The van der Waals surface area contributed by atoms with E-state index in [1.165, 1.54) is 157 Å². The molecule has 0 amide bonds. The first kappa shape index (κ1) is 44.0. The first-order valence-electron chi connectivity index (χ1n) is 20.2. The molecule has 2 aromatic rings. The summed E-state index contributed by atoms with van der Waals surface area (Å²) in [4.78, 5) is 10.2. The molecule has 0 aliphatic rings. The molecule has 48 heavy (non-hydrogen) atoms. The van der Waals surface area contributed by atoms with Gasteiger partial charge in [-0.15, -0.1) is 0 Å². The predicted octanol–water partition coefficient (Wildman–Crippen LogP) is 14.8. The van der Waals surface area contributed by atoms with Crippen LogP contribution < -0.4 is 0 Å². The van der Waals surface area contributed by atoms with Gasteiger partial charge in [-0.3, -0.25) is 4.99 Å². The van der Waals surface area contributed by atoms with Crippen molar-refractivity contribution in [3.63, 3.8) is 0 Å². The zero-order chi connectivity index (χ0) is 33.8. The smallest absolute Gasteiger partial charge is 0.0816 e. The molecule has 0 N–H and O–H groups in total. The fourth-order valence-corrected chi connectivity index (χ4v) is 6.41. The third-order valence-electron chi connectivity index (χ3n) is 9.45. The fraction of sp³-hybridized carbons (Fsp3) is 0.644. The number of aliphatic imine (C=N–C) groups is 2. The Bertz CT molecular complexity index is 1160. The van der Waals surface area contributed by atoms with E-state index in [4.69, 9.17) is 9.98 Å². The van der Waals surface area contributed by atoms with Gasteiger partial charge in [0, 0.05) is 16.5 Å². The molecule has 0 aliphatic heterocycles. The van der Waals surface area contributed by atoms with E-state index in [2.05, 4.69) is 83.2 Å².